The summed E-state index contributed by atoms with van der Waals surface area (Å²) in [5.41, 5.74) is 21.6. The summed E-state index contributed by atoms with van der Waals surface area (Å²) in [7, 11) is 0. The summed E-state index contributed by atoms with van der Waals surface area (Å²) < 4.78 is 2.36. The van der Waals surface area contributed by atoms with Gasteiger partial charge < -0.3 is 15.7 Å². The number of nitrogens with one attached hydrogen (secondary N) is 2. The molecule has 0 spiro atoms. The van der Waals surface area contributed by atoms with Crippen LogP contribution in [0.5, 0.6) is 0 Å². The Kier molecular flexibility index (Phi) is 11.7. The molecule has 3 nitrogen and oxygen atoms in total. The first-order valence-corrected chi connectivity index (χ1v) is 17.9. The molecule has 1 aromatic heterocycles. The molecule has 0 fully saturated rings. The third-order valence-corrected chi connectivity index (χ3v) is 9.68. The molecular weight excluding hydrogens is 678 g/mol. The number of fused-ring (bicyclic) bond motifs is 3. The average Bonchev–Trinajstić information content (AvgIpc) is 3.59. The van der Waals surface area contributed by atoms with Crippen molar-refractivity contribution in [3.63, 3.8) is 0 Å². The van der Waals surface area contributed by atoms with E-state index in [9.17, 15) is 0 Å². The Bertz CT molecular complexity index is 2700. The van der Waals surface area contributed by atoms with Crippen molar-refractivity contribution < 1.29 is 29.6 Å². The molecule has 9 rings (SSSR count). The molecule has 1 heterocycles. The molecular formula is C51H36N3Na-2. The van der Waals surface area contributed by atoms with Crippen LogP contribution in [0.4, 0.5) is 0 Å². The van der Waals surface area contributed by atoms with E-state index in [0.717, 1.165) is 27.8 Å². The molecule has 0 saturated heterocycles. The van der Waals surface area contributed by atoms with Crippen molar-refractivity contribution in [3.05, 3.63) is 224 Å². The number of aromatic nitrogens is 1. The van der Waals surface area contributed by atoms with Gasteiger partial charge in [0.25, 0.3) is 0 Å². The Balaban J connectivity index is 0.000000174. The van der Waals surface area contributed by atoms with Crippen LogP contribution in [0.1, 0.15) is 5.56 Å². The topological polar surface area (TPSA) is 52.6 Å². The van der Waals surface area contributed by atoms with Gasteiger partial charge in [0.05, 0.1) is 11.0 Å². The summed E-state index contributed by atoms with van der Waals surface area (Å²) in [6, 6.07) is 73.8. The van der Waals surface area contributed by atoms with Gasteiger partial charge >= 0.3 is 29.6 Å². The minimum atomic E-state index is 0. The molecule has 0 atom stereocenters. The maximum absolute atomic E-state index is 7.31. The third-order valence-electron chi connectivity index (χ3n) is 9.68. The first kappa shape index (κ1) is 37.1. The number of hydrogen-bond acceptors (Lipinski definition) is 1. The number of rotatable bonds is 7. The van der Waals surface area contributed by atoms with E-state index in [2.05, 4.69) is 144 Å². The molecule has 4 heteroatoms. The molecule has 0 unspecified atom stereocenters. The van der Waals surface area contributed by atoms with Crippen molar-refractivity contribution in [1.82, 2.24) is 4.57 Å². The predicted molar refractivity (Wildman–Crippen MR) is 228 cm³/mol. The fourth-order valence-corrected chi connectivity index (χ4v) is 6.92. The maximum atomic E-state index is 7.31. The Morgan fingerprint density at radius 3 is 1.67 bits per heavy atom. The van der Waals surface area contributed by atoms with Gasteiger partial charge in [-0.15, -0.1) is 17.7 Å². The van der Waals surface area contributed by atoms with E-state index in [1.54, 1.807) is 0 Å². The van der Waals surface area contributed by atoms with Gasteiger partial charge in [0.2, 0.25) is 0 Å². The van der Waals surface area contributed by atoms with E-state index in [0.29, 0.717) is 5.57 Å². The van der Waals surface area contributed by atoms with Gasteiger partial charge in [-0.25, -0.2) is 11.1 Å². The Labute approximate surface area is 344 Å². The van der Waals surface area contributed by atoms with Gasteiger partial charge in [0.15, 0.2) is 0 Å². The van der Waals surface area contributed by atoms with Gasteiger partial charge in [-0.05, 0) is 63.2 Å². The molecule has 9 aromatic rings. The van der Waals surface area contributed by atoms with Crippen molar-refractivity contribution >= 4 is 33.6 Å². The van der Waals surface area contributed by atoms with Gasteiger partial charge in [-0.3, -0.25) is 0 Å². The fourth-order valence-electron chi connectivity index (χ4n) is 6.92. The molecule has 8 aromatic carbocycles. The number of para-hydroxylation sites is 2. The summed E-state index contributed by atoms with van der Waals surface area (Å²) in [5, 5.41) is 9.85. The second-order valence-corrected chi connectivity index (χ2v) is 13.0. The van der Waals surface area contributed by atoms with Crippen LogP contribution in [-0.4, -0.2) is 10.8 Å². The number of hydrogen-bond donors (Lipinski definition) is 1. The van der Waals surface area contributed by atoms with E-state index in [1.165, 1.54) is 62.2 Å². The van der Waals surface area contributed by atoms with Crippen LogP contribution < -0.4 is 29.6 Å². The van der Waals surface area contributed by atoms with Crippen molar-refractivity contribution in [2.24, 2.45) is 0 Å². The van der Waals surface area contributed by atoms with Crippen molar-refractivity contribution in [2.45, 2.75) is 0 Å². The second kappa shape index (κ2) is 17.3. The third kappa shape index (κ3) is 8.01. The van der Waals surface area contributed by atoms with Crippen molar-refractivity contribution in [1.29, 1.82) is 5.41 Å². The maximum Gasteiger partial charge on any atom is 1.00 e. The molecule has 0 bridgehead atoms. The summed E-state index contributed by atoms with van der Waals surface area (Å²) in [6.45, 7) is 0. The first-order chi connectivity index (χ1) is 26.7. The van der Waals surface area contributed by atoms with Gasteiger partial charge in [-0.2, -0.15) is 48.7 Å². The molecule has 55 heavy (non-hydrogen) atoms. The van der Waals surface area contributed by atoms with E-state index >= 15 is 0 Å². The largest absolute Gasteiger partial charge is 1.00 e. The van der Waals surface area contributed by atoms with E-state index in [1.807, 2.05) is 66.7 Å². The first-order valence-electron chi connectivity index (χ1n) is 17.9. The van der Waals surface area contributed by atoms with Crippen LogP contribution in [0.25, 0.3) is 83.3 Å². The van der Waals surface area contributed by atoms with Gasteiger partial charge in [0.1, 0.15) is 0 Å². The minimum Gasteiger partial charge on any atom is -0.704 e. The zero-order chi connectivity index (χ0) is 36.7. The van der Waals surface area contributed by atoms with Gasteiger partial charge in [0, 0.05) is 22.7 Å². The second-order valence-electron chi connectivity index (χ2n) is 13.0. The van der Waals surface area contributed by atoms with Gasteiger partial charge in [-0.1, -0.05) is 127 Å². The molecule has 0 aliphatic heterocycles. The number of benzene rings is 8. The molecule has 0 amide bonds. The zero-order valence-electron chi connectivity index (χ0n) is 30.6. The van der Waals surface area contributed by atoms with E-state index in [-0.39, 0.29) is 29.6 Å². The smallest absolute Gasteiger partial charge is 0.704 e. The van der Waals surface area contributed by atoms with Crippen LogP contribution in [-0.2, 0) is 0 Å². The minimum absolute atomic E-state index is 0. The SMILES string of the molecule is N=C/C(=C\[NH-])c1ccc(-c2ccc(-c3ccccc3)cc2)cc1.[Na+].[c-]1ccccc1-c1[c-]ccc(-c2ccc3c4ccccc4n(-c4ccccc4)c3c2)c1. The summed E-state index contributed by atoms with van der Waals surface area (Å²) in [4.78, 5) is 0. The average molecular weight is 714 g/mol. The number of nitrogens with zero attached hydrogens (tertiary/aromatic N) is 1. The summed E-state index contributed by atoms with van der Waals surface area (Å²) in [5.74, 6) is 0. The summed E-state index contributed by atoms with van der Waals surface area (Å²) >= 11 is 0. The number of allylic oxidation sites excluding steroid dienone is 1. The normalized spacial score (nSPS) is 11.0. The molecule has 0 saturated carbocycles. The molecule has 258 valence electrons. The molecule has 0 aliphatic rings. The Morgan fingerprint density at radius 1 is 0.473 bits per heavy atom. The van der Waals surface area contributed by atoms with Crippen LogP contribution in [0.2, 0.25) is 0 Å². The molecule has 0 radical (unpaired) electrons. The van der Waals surface area contributed by atoms with E-state index in [4.69, 9.17) is 11.1 Å². The monoisotopic (exact) mass is 713 g/mol. The van der Waals surface area contributed by atoms with Crippen molar-refractivity contribution in [2.75, 3.05) is 0 Å². The standard InChI is InChI=1S/C30H19N.C21H17N2.Na/c1-3-10-22(11-4-1)23-12-9-13-24(20-23)25-18-19-28-27-16-7-8-17-29(27)31(30(28)21-25)26-14-5-2-6-15-26;22-14-21(15-23)20-12-10-19(11-13-20)18-8-6-17(7-9-18)16-4-2-1-3-5-16;/h1-10,13-21H;1-15,22-23H;/q-2;-1;+1/b;21-14+,23-15?;. The van der Waals surface area contributed by atoms with Crippen LogP contribution in [0.3, 0.4) is 0 Å². The zero-order valence-corrected chi connectivity index (χ0v) is 32.6. The van der Waals surface area contributed by atoms with E-state index < -0.39 is 0 Å². The quantitative estimate of drug-likeness (QED) is 0.0971. The Morgan fingerprint density at radius 2 is 1.02 bits per heavy atom. The molecule has 2 N–H and O–H groups in total. The van der Waals surface area contributed by atoms with Crippen molar-refractivity contribution in [3.8, 4) is 50.2 Å². The summed E-state index contributed by atoms with van der Waals surface area (Å²) in [6.07, 6.45) is 2.41. The molecule has 0 aliphatic carbocycles. The van der Waals surface area contributed by atoms with Crippen LogP contribution in [0, 0.1) is 17.5 Å². The predicted octanol–water partition coefficient (Wildman–Crippen LogP) is 10.8. The Hall–Kier alpha value is -6.23. The fraction of sp³-hybridized carbons (Fsp3) is 0. The van der Waals surface area contributed by atoms with Crippen LogP contribution in [0.15, 0.2) is 200 Å². The van der Waals surface area contributed by atoms with Crippen LogP contribution >= 0.6 is 0 Å².